The number of nitrogens with one attached hydrogen (secondary N) is 1. The number of aromatic nitrogens is 3. The summed E-state index contributed by atoms with van der Waals surface area (Å²) < 4.78 is 7.57. The van der Waals surface area contributed by atoms with Crippen LogP contribution in [0.15, 0.2) is 24.3 Å². The fourth-order valence-electron chi connectivity index (χ4n) is 3.51. The van der Waals surface area contributed by atoms with Gasteiger partial charge in [-0.3, -0.25) is 0 Å². The van der Waals surface area contributed by atoms with Crippen LogP contribution in [0.2, 0.25) is 5.15 Å². The number of para-hydroxylation sites is 1. The number of aryl methyl sites for hydroxylation is 2. The summed E-state index contributed by atoms with van der Waals surface area (Å²) in [4.78, 5) is 21.2. The minimum Gasteiger partial charge on any atom is -0.444 e. The zero-order chi connectivity index (χ0) is 21.7. The van der Waals surface area contributed by atoms with Crippen molar-refractivity contribution in [1.29, 1.82) is 0 Å². The van der Waals surface area contributed by atoms with E-state index in [9.17, 15) is 4.79 Å². The van der Waals surface area contributed by atoms with Crippen molar-refractivity contribution < 1.29 is 9.53 Å². The number of fused-ring (bicyclic) bond motifs is 3. The Morgan fingerprint density at radius 3 is 2.67 bits per heavy atom. The zero-order valence-electron chi connectivity index (χ0n) is 18.3. The van der Waals surface area contributed by atoms with E-state index in [4.69, 9.17) is 21.3 Å². The first-order chi connectivity index (χ1) is 14.3. The number of imidazole rings is 1. The molecule has 2 heterocycles. The molecule has 0 unspecified atom stereocenters. The molecule has 162 valence electrons. The lowest BCUT2D eigenvalue weighted by atomic mass is 10.2. The highest BCUT2D eigenvalue weighted by Gasteiger charge is 2.18. The second kappa shape index (κ2) is 9.65. The Kier molecular flexibility index (Phi) is 7.19. The molecule has 0 aliphatic rings. The summed E-state index contributed by atoms with van der Waals surface area (Å²) >= 11 is 6.48. The van der Waals surface area contributed by atoms with Gasteiger partial charge >= 0.3 is 6.09 Å². The number of alkyl carbamates (subject to hydrolysis) is 1. The Morgan fingerprint density at radius 2 is 1.93 bits per heavy atom. The third-order valence-corrected chi connectivity index (χ3v) is 5.11. The van der Waals surface area contributed by atoms with Crippen LogP contribution in [0.1, 0.15) is 59.2 Å². The van der Waals surface area contributed by atoms with Gasteiger partial charge in [-0.05, 0) is 46.1 Å². The van der Waals surface area contributed by atoms with Crippen molar-refractivity contribution in [2.45, 2.75) is 71.9 Å². The Balaban J connectivity index is 1.77. The van der Waals surface area contributed by atoms with Gasteiger partial charge in [0.15, 0.2) is 5.15 Å². The van der Waals surface area contributed by atoms with Crippen LogP contribution in [-0.2, 0) is 17.7 Å². The van der Waals surface area contributed by atoms with Gasteiger partial charge in [0.05, 0.1) is 11.0 Å². The van der Waals surface area contributed by atoms with Gasteiger partial charge in [0.1, 0.15) is 16.9 Å². The molecule has 0 bridgehead atoms. The zero-order valence-corrected chi connectivity index (χ0v) is 19.1. The van der Waals surface area contributed by atoms with Crippen LogP contribution < -0.4 is 5.32 Å². The first-order valence-electron chi connectivity index (χ1n) is 10.7. The van der Waals surface area contributed by atoms with Gasteiger partial charge in [-0.1, -0.05) is 43.1 Å². The van der Waals surface area contributed by atoms with Crippen molar-refractivity contribution in [3.63, 3.8) is 0 Å². The summed E-state index contributed by atoms with van der Waals surface area (Å²) in [5.41, 5.74) is 2.22. The van der Waals surface area contributed by atoms with E-state index in [-0.39, 0.29) is 6.09 Å². The highest BCUT2D eigenvalue weighted by molar-refractivity contribution is 6.35. The number of ether oxygens (including phenoxy) is 1. The molecule has 0 spiro atoms. The summed E-state index contributed by atoms with van der Waals surface area (Å²) in [7, 11) is 0. The van der Waals surface area contributed by atoms with Gasteiger partial charge in [0.25, 0.3) is 0 Å². The van der Waals surface area contributed by atoms with Crippen molar-refractivity contribution in [3.05, 3.63) is 35.2 Å². The monoisotopic (exact) mass is 430 g/mol. The van der Waals surface area contributed by atoms with Crippen LogP contribution in [0.25, 0.3) is 21.9 Å². The second-order valence-electron chi connectivity index (χ2n) is 8.54. The number of carbonyl (C=O) groups excluding carboxylic acids is 1. The maximum Gasteiger partial charge on any atom is 0.407 e. The Labute approximate surface area is 183 Å². The number of carbonyl (C=O) groups is 1. The standard InChI is InChI=1S/C23H31ClN4O2/c1-5-6-13-18-27-19-20(16-11-7-8-12-17(16)26-21(19)24)28(18)15-10-9-14-25-22(29)30-23(2,3)4/h7-8,11-12H,5-6,9-10,13-15H2,1-4H3,(H,25,29). The fourth-order valence-corrected chi connectivity index (χ4v) is 3.74. The number of halogens is 1. The van der Waals surface area contributed by atoms with Gasteiger partial charge in [-0.15, -0.1) is 0 Å². The average Bonchev–Trinajstić information content (AvgIpc) is 3.04. The Hall–Kier alpha value is -2.34. The molecule has 0 aliphatic heterocycles. The predicted molar refractivity (Wildman–Crippen MR) is 122 cm³/mol. The topological polar surface area (TPSA) is 69.0 Å². The lowest BCUT2D eigenvalue weighted by Crippen LogP contribution is -2.33. The molecule has 0 saturated carbocycles. The fraction of sp³-hybridized carbons (Fsp3) is 0.522. The van der Waals surface area contributed by atoms with E-state index in [1.54, 1.807) is 0 Å². The van der Waals surface area contributed by atoms with E-state index in [1.165, 1.54) is 0 Å². The molecule has 2 aromatic heterocycles. The first kappa shape index (κ1) is 22.3. The molecular formula is C23H31ClN4O2. The maximum absolute atomic E-state index is 11.8. The molecule has 1 aromatic carbocycles. The summed E-state index contributed by atoms with van der Waals surface area (Å²) in [6.07, 6.45) is 4.48. The summed E-state index contributed by atoms with van der Waals surface area (Å²) in [6, 6.07) is 8.05. The highest BCUT2D eigenvalue weighted by Crippen LogP contribution is 2.30. The van der Waals surface area contributed by atoms with Crippen molar-refractivity contribution in [1.82, 2.24) is 19.9 Å². The number of hydrogen-bond acceptors (Lipinski definition) is 4. The minimum absolute atomic E-state index is 0.372. The molecule has 0 aliphatic carbocycles. The SMILES string of the molecule is CCCCc1nc2c(Cl)nc3ccccc3c2n1CCCCNC(=O)OC(C)(C)C. The Bertz CT molecular complexity index is 1020. The summed E-state index contributed by atoms with van der Waals surface area (Å²) in [5, 5.41) is 4.35. The van der Waals surface area contributed by atoms with Crippen LogP contribution in [0.5, 0.6) is 0 Å². The van der Waals surface area contributed by atoms with Gasteiger partial charge in [-0.2, -0.15) is 0 Å². The molecule has 6 nitrogen and oxygen atoms in total. The van der Waals surface area contributed by atoms with Crippen molar-refractivity contribution in [2.75, 3.05) is 6.54 Å². The summed E-state index contributed by atoms with van der Waals surface area (Å²) in [5.74, 6) is 1.05. The third kappa shape index (κ3) is 5.42. The van der Waals surface area contributed by atoms with Crippen LogP contribution in [0.3, 0.4) is 0 Å². The highest BCUT2D eigenvalue weighted by atomic mass is 35.5. The number of benzene rings is 1. The van der Waals surface area contributed by atoms with Crippen molar-refractivity contribution in [2.24, 2.45) is 0 Å². The quantitative estimate of drug-likeness (QED) is 0.357. The molecule has 30 heavy (non-hydrogen) atoms. The maximum atomic E-state index is 11.8. The van der Waals surface area contributed by atoms with Gasteiger partial charge < -0.3 is 14.6 Å². The van der Waals surface area contributed by atoms with E-state index in [2.05, 4.69) is 27.9 Å². The van der Waals surface area contributed by atoms with Crippen LogP contribution in [0, 0.1) is 0 Å². The van der Waals surface area contributed by atoms with Gasteiger partial charge in [-0.25, -0.2) is 14.8 Å². The normalized spacial score (nSPS) is 11.9. The van der Waals surface area contributed by atoms with E-state index in [0.717, 1.165) is 66.4 Å². The van der Waals surface area contributed by atoms with Crippen LogP contribution in [0.4, 0.5) is 4.79 Å². The molecule has 1 amide bonds. The molecule has 0 atom stereocenters. The number of amides is 1. The molecule has 3 aromatic rings. The van der Waals surface area contributed by atoms with E-state index >= 15 is 0 Å². The molecule has 7 heteroatoms. The molecule has 0 fully saturated rings. The third-order valence-electron chi connectivity index (χ3n) is 4.85. The van der Waals surface area contributed by atoms with Crippen LogP contribution >= 0.6 is 11.6 Å². The molecular weight excluding hydrogens is 400 g/mol. The molecule has 1 N–H and O–H groups in total. The van der Waals surface area contributed by atoms with Gasteiger partial charge in [0, 0.05) is 24.9 Å². The van der Waals surface area contributed by atoms with E-state index in [1.807, 2.05) is 39.0 Å². The summed E-state index contributed by atoms with van der Waals surface area (Å²) in [6.45, 7) is 9.15. The molecule has 0 radical (unpaired) electrons. The predicted octanol–water partition coefficient (Wildman–Crippen LogP) is 5.89. The molecule has 0 saturated heterocycles. The second-order valence-corrected chi connectivity index (χ2v) is 8.89. The number of pyridine rings is 1. The van der Waals surface area contributed by atoms with E-state index < -0.39 is 5.60 Å². The smallest absolute Gasteiger partial charge is 0.407 e. The largest absolute Gasteiger partial charge is 0.444 e. The number of unbranched alkanes of at least 4 members (excludes halogenated alkanes) is 2. The average molecular weight is 431 g/mol. The number of rotatable bonds is 8. The lowest BCUT2D eigenvalue weighted by molar-refractivity contribution is 0.0527. The first-order valence-corrected chi connectivity index (χ1v) is 11.1. The van der Waals surface area contributed by atoms with E-state index in [0.29, 0.717) is 11.7 Å². The minimum atomic E-state index is -0.484. The Morgan fingerprint density at radius 1 is 1.17 bits per heavy atom. The number of hydrogen-bond donors (Lipinski definition) is 1. The number of nitrogens with zero attached hydrogens (tertiary/aromatic N) is 3. The van der Waals surface area contributed by atoms with Crippen LogP contribution in [-0.4, -0.2) is 32.8 Å². The van der Waals surface area contributed by atoms with Crippen molar-refractivity contribution in [3.8, 4) is 0 Å². The van der Waals surface area contributed by atoms with Gasteiger partial charge in [0.2, 0.25) is 0 Å². The lowest BCUT2D eigenvalue weighted by Gasteiger charge is -2.19. The molecule has 3 rings (SSSR count). The van der Waals surface area contributed by atoms with Crippen molar-refractivity contribution >= 4 is 39.6 Å².